The first kappa shape index (κ1) is 13.5. The van der Waals surface area contributed by atoms with E-state index in [2.05, 4.69) is 5.32 Å². The second-order valence-corrected chi connectivity index (χ2v) is 4.38. The van der Waals surface area contributed by atoms with Gasteiger partial charge < -0.3 is 14.8 Å². The number of para-hydroxylation sites is 1. The highest BCUT2D eigenvalue weighted by Gasteiger charge is 2.16. The first-order chi connectivity index (χ1) is 9.29. The molecule has 1 heterocycles. The molecule has 0 spiro atoms. The fourth-order valence-corrected chi connectivity index (χ4v) is 1.94. The van der Waals surface area contributed by atoms with Gasteiger partial charge in [-0.25, -0.2) is 0 Å². The fraction of sp³-hybridized carbons (Fsp3) is 0.429. The van der Waals surface area contributed by atoms with E-state index < -0.39 is 0 Å². The zero-order valence-electron chi connectivity index (χ0n) is 10.6. The summed E-state index contributed by atoms with van der Waals surface area (Å²) < 4.78 is 10.7. The van der Waals surface area contributed by atoms with Crippen molar-refractivity contribution in [3.8, 4) is 5.75 Å². The van der Waals surface area contributed by atoms with Crippen molar-refractivity contribution < 1.29 is 19.1 Å². The number of ether oxygens (including phenoxy) is 2. The molecule has 1 N–H and O–H groups in total. The number of nitrogens with one attached hydrogen (secondary N) is 1. The van der Waals surface area contributed by atoms with E-state index in [4.69, 9.17) is 9.47 Å². The van der Waals surface area contributed by atoms with Crippen molar-refractivity contribution in [2.75, 3.05) is 19.8 Å². The minimum Gasteiger partial charge on any atom is -0.483 e. The lowest BCUT2D eigenvalue weighted by atomic mass is 10.2. The molecule has 0 saturated carbocycles. The monoisotopic (exact) mass is 263 g/mol. The average molecular weight is 263 g/mol. The fourth-order valence-electron chi connectivity index (χ4n) is 1.94. The third kappa shape index (κ3) is 4.06. The third-order valence-corrected chi connectivity index (χ3v) is 2.96. The van der Waals surface area contributed by atoms with E-state index in [1.807, 2.05) is 0 Å². The zero-order chi connectivity index (χ0) is 13.5. The number of hydrogen-bond acceptors (Lipinski definition) is 4. The van der Waals surface area contributed by atoms with Gasteiger partial charge in [0.15, 0.2) is 12.9 Å². The molecule has 0 aromatic heterocycles. The molecule has 1 fully saturated rings. The van der Waals surface area contributed by atoms with Gasteiger partial charge in [-0.3, -0.25) is 9.59 Å². The molecule has 0 aliphatic carbocycles. The van der Waals surface area contributed by atoms with Gasteiger partial charge in [0.2, 0.25) is 0 Å². The van der Waals surface area contributed by atoms with Crippen molar-refractivity contribution in [2.45, 2.75) is 18.9 Å². The Morgan fingerprint density at radius 1 is 1.47 bits per heavy atom. The van der Waals surface area contributed by atoms with Gasteiger partial charge in [0, 0.05) is 13.2 Å². The summed E-state index contributed by atoms with van der Waals surface area (Å²) in [6.07, 6.45) is 2.85. The highest BCUT2D eigenvalue weighted by atomic mass is 16.5. The topological polar surface area (TPSA) is 64.6 Å². The number of benzene rings is 1. The molecular formula is C14H17NO4. The van der Waals surface area contributed by atoms with Crippen LogP contribution in [0.3, 0.4) is 0 Å². The van der Waals surface area contributed by atoms with Gasteiger partial charge in [-0.1, -0.05) is 12.1 Å². The van der Waals surface area contributed by atoms with Crippen LogP contribution in [-0.2, 0) is 9.53 Å². The van der Waals surface area contributed by atoms with E-state index in [1.54, 1.807) is 24.3 Å². The normalized spacial score (nSPS) is 18.0. The van der Waals surface area contributed by atoms with E-state index >= 15 is 0 Å². The number of aldehydes is 1. The summed E-state index contributed by atoms with van der Waals surface area (Å²) in [5.41, 5.74) is 0.439. The van der Waals surface area contributed by atoms with Gasteiger partial charge in [0.25, 0.3) is 5.91 Å². The van der Waals surface area contributed by atoms with E-state index in [0.717, 1.165) is 19.4 Å². The second-order valence-electron chi connectivity index (χ2n) is 4.38. The number of carbonyl (C=O) groups is 2. The number of amides is 1. The van der Waals surface area contributed by atoms with Crippen molar-refractivity contribution in [3.63, 3.8) is 0 Å². The first-order valence-corrected chi connectivity index (χ1v) is 6.35. The van der Waals surface area contributed by atoms with Crippen molar-refractivity contribution in [2.24, 2.45) is 0 Å². The highest BCUT2D eigenvalue weighted by Crippen LogP contribution is 2.15. The summed E-state index contributed by atoms with van der Waals surface area (Å²) in [5, 5.41) is 2.76. The summed E-state index contributed by atoms with van der Waals surface area (Å²) in [4.78, 5) is 22.4. The summed E-state index contributed by atoms with van der Waals surface area (Å²) >= 11 is 0. The molecule has 1 saturated heterocycles. The van der Waals surface area contributed by atoms with Crippen LogP contribution in [0.4, 0.5) is 0 Å². The first-order valence-electron chi connectivity index (χ1n) is 6.35. The zero-order valence-corrected chi connectivity index (χ0v) is 10.6. The summed E-state index contributed by atoms with van der Waals surface area (Å²) in [5.74, 6) is 0.209. The molecule has 0 bridgehead atoms. The average Bonchev–Trinajstić information content (AvgIpc) is 2.96. The molecule has 1 atom stereocenters. The van der Waals surface area contributed by atoms with E-state index in [0.29, 0.717) is 24.1 Å². The number of carbonyl (C=O) groups excluding carboxylic acids is 2. The Bertz CT molecular complexity index is 441. The molecule has 2 rings (SSSR count). The van der Waals surface area contributed by atoms with Crippen LogP contribution in [-0.4, -0.2) is 38.1 Å². The van der Waals surface area contributed by atoms with E-state index in [1.165, 1.54) is 0 Å². The van der Waals surface area contributed by atoms with Crippen LogP contribution >= 0.6 is 0 Å². The van der Waals surface area contributed by atoms with E-state index in [9.17, 15) is 9.59 Å². The van der Waals surface area contributed by atoms with Crippen molar-refractivity contribution in [3.05, 3.63) is 29.8 Å². The molecule has 102 valence electrons. The van der Waals surface area contributed by atoms with Gasteiger partial charge >= 0.3 is 0 Å². The van der Waals surface area contributed by atoms with E-state index in [-0.39, 0.29) is 18.6 Å². The standard InChI is InChI=1S/C14H17NO4/c16-9-11-4-1-2-6-13(11)19-10-14(17)15-8-12-5-3-7-18-12/h1-2,4,6,9,12H,3,5,7-8,10H2,(H,15,17). The Morgan fingerprint density at radius 3 is 3.05 bits per heavy atom. The van der Waals surface area contributed by atoms with Gasteiger partial charge in [0.1, 0.15) is 5.75 Å². The number of hydrogen-bond donors (Lipinski definition) is 1. The molecule has 1 aliphatic rings. The van der Waals surface area contributed by atoms with Crippen molar-refractivity contribution >= 4 is 12.2 Å². The molecular weight excluding hydrogens is 246 g/mol. The molecule has 0 radical (unpaired) electrons. The second kappa shape index (κ2) is 6.89. The maximum absolute atomic E-state index is 11.6. The molecule has 1 amide bonds. The quantitative estimate of drug-likeness (QED) is 0.783. The van der Waals surface area contributed by atoms with Crippen LogP contribution < -0.4 is 10.1 Å². The Hall–Kier alpha value is -1.88. The van der Waals surface area contributed by atoms with Crippen LogP contribution in [0, 0.1) is 0 Å². The molecule has 5 heteroatoms. The smallest absolute Gasteiger partial charge is 0.258 e. The van der Waals surface area contributed by atoms with Crippen LogP contribution in [0.1, 0.15) is 23.2 Å². The SMILES string of the molecule is O=Cc1ccccc1OCC(=O)NCC1CCCO1. The van der Waals surface area contributed by atoms with Gasteiger partial charge in [0.05, 0.1) is 11.7 Å². The Kier molecular flexibility index (Phi) is 4.92. The minimum absolute atomic E-state index is 0.0996. The lowest BCUT2D eigenvalue weighted by Crippen LogP contribution is -2.35. The Balaban J connectivity index is 1.74. The predicted molar refractivity (Wildman–Crippen MR) is 69.3 cm³/mol. The number of rotatable bonds is 6. The maximum Gasteiger partial charge on any atom is 0.258 e. The summed E-state index contributed by atoms with van der Waals surface area (Å²) in [7, 11) is 0. The molecule has 19 heavy (non-hydrogen) atoms. The third-order valence-electron chi connectivity index (χ3n) is 2.96. The van der Waals surface area contributed by atoms with Crippen LogP contribution in [0.25, 0.3) is 0 Å². The largest absolute Gasteiger partial charge is 0.483 e. The highest BCUT2D eigenvalue weighted by molar-refractivity contribution is 5.80. The van der Waals surface area contributed by atoms with Crippen LogP contribution in [0.5, 0.6) is 5.75 Å². The van der Waals surface area contributed by atoms with Crippen molar-refractivity contribution in [1.82, 2.24) is 5.32 Å². The van der Waals surface area contributed by atoms with Gasteiger partial charge in [-0.05, 0) is 25.0 Å². The summed E-state index contributed by atoms with van der Waals surface area (Å²) in [6.45, 7) is 1.18. The Morgan fingerprint density at radius 2 is 2.32 bits per heavy atom. The minimum atomic E-state index is -0.212. The molecule has 5 nitrogen and oxygen atoms in total. The lowest BCUT2D eigenvalue weighted by Gasteiger charge is -2.12. The molecule has 1 aromatic rings. The molecule has 1 aromatic carbocycles. The van der Waals surface area contributed by atoms with Crippen LogP contribution in [0.15, 0.2) is 24.3 Å². The lowest BCUT2D eigenvalue weighted by molar-refractivity contribution is -0.123. The molecule has 1 aliphatic heterocycles. The van der Waals surface area contributed by atoms with Crippen molar-refractivity contribution in [1.29, 1.82) is 0 Å². The summed E-state index contributed by atoms with van der Waals surface area (Å²) in [6, 6.07) is 6.81. The van der Waals surface area contributed by atoms with Gasteiger partial charge in [-0.15, -0.1) is 0 Å². The van der Waals surface area contributed by atoms with Gasteiger partial charge in [-0.2, -0.15) is 0 Å². The molecule has 1 unspecified atom stereocenters. The van der Waals surface area contributed by atoms with Crippen LogP contribution in [0.2, 0.25) is 0 Å². The predicted octanol–water partition coefficient (Wildman–Crippen LogP) is 1.17. The Labute approximate surface area is 111 Å². The maximum atomic E-state index is 11.6.